The maximum atomic E-state index is 2.62. The Hall–Kier alpha value is 0. The molecule has 2 aliphatic carbocycles. The van der Waals surface area contributed by atoms with Crippen molar-refractivity contribution in [2.45, 2.75) is 107 Å². The van der Waals surface area contributed by atoms with Gasteiger partial charge in [-0.15, -0.1) is 0 Å². The van der Waals surface area contributed by atoms with Crippen molar-refractivity contribution >= 4 is 0 Å². The van der Waals surface area contributed by atoms with Crippen LogP contribution >= 0.6 is 0 Å². The predicted octanol–water partition coefficient (Wildman–Crippen LogP) is 8.21. The van der Waals surface area contributed by atoms with Crippen LogP contribution in [0.25, 0.3) is 0 Å². The van der Waals surface area contributed by atoms with Crippen molar-refractivity contribution < 1.29 is 0 Å². The second-order valence-corrected chi connectivity index (χ2v) is 10.7. The summed E-state index contributed by atoms with van der Waals surface area (Å²) in [6.45, 7) is 19.8. The van der Waals surface area contributed by atoms with Crippen molar-refractivity contribution in [2.24, 2.45) is 52.8 Å². The minimum absolute atomic E-state index is 0.665. The SMILES string of the molecule is CCCC1(CC)CC(C(CC)C(C)C)C2C(C)CC(CCC(C)C)C21. The molecule has 0 heteroatoms. The van der Waals surface area contributed by atoms with Crippen LogP contribution in [0.5, 0.6) is 0 Å². The first kappa shape index (κ1) is 21.3. The average Bonchev–Trinajstić information content (AvgIpc) is 3.04. The standard InChI is InChI=1S/C25H48/c1-9-14-25(11-3)16-22(21(10-2)18(6)7)23-19(8)15-20(24(23)25)13-12-17(4)5/h17-24H,9-16H2,1-8H3. The third-order valence-corrected chi connectivity index (χ3v) is 8.54. The molecule has 7 unspecified atom stereocenters. The van der Waals surface area contributed by atoms with E-state index < -0.39 is 0 Å². The van der Waals surface area contributed by atoms with Gasteiger partial charge in [0.05, 0.1) is 0 Å². The van der Waals surface area contributed by atoms with Gasteiger partial charge in [0.1, 0.15) is 0 Å². The van der Waals surface area contributed by atoms with Crippen molar-refractivity contribution in [2.75, 3.05) is 0 Å². The Bertz CT molecular complexity index is 395. The van der Waals surface area contributed by atoms with Crippen LogP contribution < -0.4 is 0 Å². The summed E-state index contributed by atoms with van der Waals surface area (Å²) in [6, 6.07) is 0. The highest BCUT2D eigenvalue weighted by molar-refractivity contribution is 5.08. The zero-order valence-corrected chi connectivity index (χ0v) is 18.8. The molecule has 0 radical (unpaired) electrons. The van der Waals surface area contributed by atoms with E-state index in [9.17, 15) is 0 Å². The molecule has 2 rings (SSSR count). The van der Waals surface area contributed by atoms with Crippen LogP contribution in [0.3, 0.4) is 0 Å². The van der Waals surface area contributed by atoms with Crippen molar-refractivity contribution in [1.29, 1.82) is 0 Å². The van der Waals surface area contributed by atoms with Crippen LogP contribution in [-0.2, 0) is 0 Å². The third kappa shape index (κ3) is 4.14. The van der Waals surface area contributed by atoms with E-state index in [-0.39, 0.29) is 0 Å². The fourth-order valence-electron chi connectivity index (χ4n) is 7.66. The van der Waals surface area contributed by atoms with E-state index in [0.29, 0.717) is 5.41 Å². The van der Waals surface area contributed by atoms with Crippen LogP contribution in [-0.4, -0.2) is 0 Å². The molecule has 0 aromatic heterocycles. The molecule has 25 heavy (non-hydrogen) atoms. The van der Waals surface area contributed by atoms with Crippen LogP contribution in [0, 0.1) is 52.8 Å². The molecule has 2 aliphatic rings. The van der Waals surface area contributed by atoms with E-state index in [1.807, 2.05) is 0 Å². The molecule has 0 aromatic rings. The number of hydrogen-bond acceptors (Lipinski definition) is 0. The van der Waals surface area contributed by atoms with Gasteiger partial charge in [-0.05, 0) is 78.4 Å². The first-order valence-corrected chi connectivity index (χ1v) is 11.8. The summed E-state index contributed by atoms with van der Waals surface area (Å²) in [7, 11) is 0. The Morgan fingerprint density at radius 2 is 1.72 bits per heavy atom. The zero-order valence-electron chi connectivity index (χ0n) is 18.8. The molecular weight excluding hydrogens is 300 g/mol. The minimum atomic E-state index is 0.665. The van der Waals surface area contributed by atoms with Crippen LogP contribution in [0.2, 0.25) is 0 Å². The third-order valence-electron chi connectivity index (χ3n) is 8.54. The summed E-state index contributed by atoms with van der Waals surface area (Å²) in [5, 5.41) is 0. The highest BCUT2D eigenvalue weighted by Crippen LogP contribution is 2.67. The molecule has 0 amide bonds. The maximum absolute atomic E-state index is 2.62. The van der Waals surface area contributed by atoms with Crippen LogP contribution in [0.15, 0.2) is 0 Å². The summed E-state index contributed by atoms with van der Waals surface area (Å²) < 4.78 is 0. The quantitative estimate of drug-likeness (QED) is 0.394. The lowest BCUT2D eigenvalue weighted by Gasteiger charge is -2.38. The maximum Gasteiger partial charge on any atom is -0.0264 e. The molecule has 0 saturated heterocycles. The van der Waals surface area contributed by atoms with Crippen molar-refractivity contribution in [1.82, 2.24) is 0 Å². The Balaban J connectivity index is 2.34. The number of fused-ring (bicyclic) bond motifs is 1. The normalized spacial score (nSPS) is 39.4. The molecule has 0 nitrogen and oxygen atoms in total. The van der Waals surface area contributed by atoms with E-state index in [2.05, 4.69) is 55.4 Å². The number of hydrogen-bond donors (Lipinski definition) is 0. The van der Waals surface area contributed by atoms with Crippen LogP contribution in [0.4, 0.5) is 0 Å². The van der Waals surface area contributed by atoms with Gasteiger partial charge in [-0.1, -0.05) is 81.1 Å². The molecule has 0 spiro atoms. The molecule has 7 atom stereocenters. The van der Waals surface area contributed by atoms with Gasteiger partial charge >= 0.3 is 0 Å². The monoisotopic (exact) mass is 348 g/mol. The van der Waals surface area contributed by atoms with Gasteiger partial charge in [0.15, 0.2) is 0 Å². The largest absolute Gasteiger partial charge is 0.0654 e. The smallest absolute Gasteiger partial charge is 0.0264 e. The number of rotatable bonds is 9. The lowest BCUT2D eigenvalue weighted by molar-refractivity contribution is 0.108. The summed E-state index contributed by atoms with van der Waals surface area (Å²) in [4.78, 5) is 0. The van der Waals surface area contributed by atoms with E-state index in [4.69, 9.17) is 0 Å². The Labute approximate surface area is 159 Å². The van der Waals surface area contributed by atoms with Gasteiger partial charge in [0, 0.05) is 0 Å². The minimum Gasteiger partial charge on any atom is -0.0654 e. The topological polar surface area (TPSA) is 0 Å². The van der Waals surface area contributed by atoms with Crippen LogP contribution in [0.1, 0.15) is 107 Å². The van der Waals surface area contributed by atoms with Crippen molar-refractivity contribution in [3.63, 3.8) is 0 Å². The molecule has 148 valence electrons. The first-order valence-electron chi connectivity index (χ1n) is 11.8. The first-order chi connectivity index (χ1) is 11.8. The highest BCUT2D eigenvalue weighted by Gasteiger charge is 2.60. The van der Waals surface area contributed by atoms with Gasteiger partial charge in [-0.3, -0.25) is 0 Å². The van der Waals surface area contributed by atoms with E-state index in [0.717, 1.165) is 47.3 Å². The molecule has 0 aromatic carbocycles. The van der Waals surface area contributed by atoms with E-state index in [1.54, 1.807) is 6.42 Å². The van der Waals surface area contributed by atoms with Gasteiger partial charge in [0.25, 0.3) is 0 Å². The molecule has 0 aliphatic heterocycles. The lowest BCUT2D eigenvalue weighted by Crippen LogP contribution is -2.30. The molecular formula is C25H48. The van der Waals surface area contributed by atoms with E-state index in [1.165, 1.54) is 44.9 Å². The second-order valence-electron chi connectivity index (χ2n) is 10.7. The molecule has 0 N–H and O–H groups in total. The Morgan fingerprint density at radius 3 is 2.20 bits per heavy atom. The molecule has 0 heterocycles. The average molecular weight is 349 g/mol. The fraction of sp³-hybridized carbons (Fsp3) is 1.00. The summed E-state index contributed by atoms with van der Waals surface area (Å²) in [5.41, 5.74) is 0.665. The fourth-order valence-corrected chi connectivity index (χ4v) is 7.66. The Morgan fingerprint density at radius 1 is 1.04 bits per heavy atom. The summed E-state index contributed by atoms with van der Waals surface area (Å²) in [6.07, 6.45) is 11.7. The predicted molar refractivity (Wildman–Crippen MR) is 113 cm³/mol. The summed E-state index contributed by atoms with van der Waals surface area (Å²) >= 11 is 0. The van der Waals surface area contributed by atoms with E-state index >= 15 is 0 Å². The molecule has 2 saturated carbocycles. The van der Waals surface area contributed by atoms with Gasteiger partial charge < -0.3 is 0 Å². The van der Waals surface area contributed by atoms with Crippen molar-refractivity contribution in [3.8, 4) is 0 Å². The van der Waals surface area contributed by atoms with Gasteiger partial charge in [-0.2, -0.15) is 0 Å². The van der Waals surface area contributed by atoms with Gasteiger partial charge in [-0.25, -0.2) is 0 Å². The Kier molecular flexibility index (Phi) is 7.49. The van der Waals surface area contributed by atoms with Gasteiger partial charge in [0.2, 0.25) is 0 Å². The summed E-state index contributed by atoms with van der Waals surface area (Å²) in [5.74, 6) is 7.71. The highest BCUT2D eigenvalue weighted by atomic mass is 14.6. The molecule has 0 bridgehead atoms. The molecule has 2 fully saturated rings. The van der Waals surface area contributed by atoms with Crippen molar-refractivity contribution in [3.05, 3.63) is 0 Å². The second kappa shape index (κ2) is 8.79. The lowest BCUT2D eigenvalue weighted by atomic mass is 9.66. The zero-order chi connectivity index (χ0) is 18.8.